The summed E-state index contributed by atoms with van der Waals surface area (Å²) in [5.74, 6) is 0.195. The minimum atomic E-state index is 0.0585. The van der Waals surface area contributed by atoms with Gasteiger partial charge in [-0.3, -0.25) is 9.59 Å². The lowest BCUT2D eigenvalue weighted by molar-refractivity contribution is -0.131. The molecule has 2 amide bonds. The van der Waals surface area contributed by atoms with Crippen LogP contribution >= 0.6 is 11.3 Å². The zero-order valence-corrected chi connectivity index (χ0v) is 18.6. The van der Waals surface area contributed by atoms with Crippen LogP contribution in [0.3, 0.4) is 0 Å². The molecule has 0 saturated carbocycles. The number of hydrogen-bond acceptors (Lipinski definition) is 4. The number of hydrogen-bond donors (Lipinski definition) is 0. The molecule has 1 aliphatic heterocycles. The second-order valence-corrected chi connectivity index (χ2v) is 9.09. The van der Waals surface area contributed by atoms with E-state index < -0.39 is 0 Å². The predicted molar refractivity (Wildman–Crippen MR) is 118 cm³/mol. The van der Waals surface area contributed by atoms with Gasteiger partial charge in [0.1, 0.15) is 0 Å². The number of benzene rings is 1. The molecule has 0 saturated heterocycles. The maximum Gasteiger partial charge on any atom is 0.228 e. The van der Waals surface area contributed by atoms with E-state index >= 15 is 0 Å². The Morgan fingerprint density at radius 3 is 2.41 bits per heavy atom. The highest BCUT2D eigenvalue weighted by Gasteiger charge is 2.21. The average molecular weight is 414 g/mol. The highest BCUT2D eigenvalue weighted by atomic mass is 32.1. The van der Waals surface area contributed by atoms with Crippen molar-refractivity contribution in [2.24, 2.45) is 0 Å². The SMILES string of the molecule is CC(=O)N1CCCCCCCN(C(=O)Cc2sc(C)nc2C)Cc2ccccc21. The van der Waals surface area contributed by atoms with Crippen LogP contribution in [0.1, 0.15) is 60.2 Å². The molecule has 0 fully saturated rings. The molecule has 3 rings (SSSR count). The largest absolute Gasteiger partial charge is 0.338 e. The van der Waals surface area contributed by atoms with Crippen LogP contribution < -0.4 is 4.90 Å². The first-order valence-electron chi connectivity index (χ1n) is 10.5. The molecule has 1 aliphatic rings. The van der Waals surface area contributed by atoms with Crippen LogP contribution in [-0.4, -0.2) is 34.8 Å². The van der Waals surface area contributed by atoms with Gasteiger partial charge in [0.2, 0.25) is 11.8 Å². The summed E-state index contributed by atoms with van der Waals surface area (Å²) in [4.78, 5) is 34.9. The summed E-state index contributed by atoms with van der Waals surface area (Å²) in [5, 5.41) is 1.00. The van der Waals surface area contributed by atoms with Gasteiger partial charge in [-0.1, -0.05) is 37.5 Å². The van der Waals surface area contributed by atoms with Crippen molar-refractivity contribution in [2.75, 3.05) is 18.0 Å². The molecule has 6 heteroatoms. The van der Waals surface area contributed by atoms with E-state index in [0.29, 0.717) is 13.0 Å². The molecule has 5 nitrogen and oxygen atoms in total. The number of aromatic nitrogens is 1. The third-order valence-electron chi connectivity index (χ3n) is 5.50. The van der Waals surface area contributed by atoms with Crippen molar-refractivity contribution in [3.63, 3.8) is 0 Å². The number of amides is 2. The number of fused-ring (bicyclic) bond motifs is 1. The second kappa shape index (κ2) is 10.0. The molecule has 2 heterocycles. The molecule has 0 atom stereocenters. The highest BCUT2D eigenvalue weighted by molar-refractivity contribution is 7.11. The van der Waals surface area contributed by atoms with Crippen molar-refractivity contribution in [3.8, 4) is 0 Å². The summed E-state index contributed by atoms with van der Waals surface area (Å²) in [6.07, 6.45) is 5.80. The molecule has 29 heavy (non-hydrogen) atoms. The van der Waals surface area contributed by atoms with Gasteiger partial charge >= 0.3 is 0 Å². The van der Waals surface area contributed by atoms with Crippen LogP contribution in [0.15, 0.2) is 24.3 Å². The van der Waals surface area contributed by atoms with Gasteiger partial charge in [-0.25, -0.2) is 4.98 Å². The van der Waals surface area contributed by atoms with Gasteiger partial charge in [0.05, 0.1) is 17.1 Å². The van der Waals surface area contributed by atoms with Gasteiger partial charge in [-0.05, 0) is 38.3 Å². The Bertz CT molecular complexity index is 862. The molecule has 0 N–H and O–H groups in total. The molecule has 0 unspecified atom stereocenters. The van der Waals surface area contributed by atoms with E-state index in [-0.39, 0.29) is 11.8 Å². The Morgan fingerprint density at radius 2 is 1.72 bits per heavy atom. The molecule has 0 radical (unpaired) electrons. The van der Waals surface area contributed by atoms with Crippen molar-refractivity contribution in [3.05, 3.63) is 45.4 Å². The van der Waals surface area contributed by atoms with Crippen LogP contribution in [0.4, 0.5) is 5.69 Å². The Kier molecular flexibility index (Phi) is 7.42. The van der Waals surface area contributed by atoms with E-state index in [1.54, 1.807) is 18.3 Å². The van der Waals surface area contributed by atoms with Crippen molar-refractivity contribution in [1.82, 2.24) is 9.88 Å². The summed E-state index contributed by atoms with van der Waals surface area (Å²) in [5.41, 5.74) is 2.93. The lowest BCUT2D eigenvalue weighted by Crippen LogP contribution is -2.35. The van der Waals surface area contributed by atoms with E-state index in [9.17, 15) is 9.59 Å². The van der Waals surface area contributed by atoms with Gasteiger partial charge in [-0.2, -0.15) is 0 Å². The second-order valence-electron chi connectivity index (χ2n) is 7.80. The quantitative estimate of drug-likeness (QED) is 0.720. The number of aryl methyl sites for hydroxylation is 2. The fourth-order valence-corrected chi connectivity index (χ4v) is 4.87. The monoisotopic (exact) mass is 413 g/mol. The third kappa shape index (κ3) is 5.66. The number of rotatable bonds is 2. The summed E-state index contributed by atoms with van der Waals surface area (Å²) in [6.45, 7) is 7.61. The Morgan fingerprint density at radius 1 is 1.03 bits per heavy atom. The standard InChI is InChI=1S/C23H31N3O2S/c1-17-22(29-18(2)24-17)15-23(28)25-13-9-5-4-6-10-14-26(19(3)27)21-12-8-7-11-20(21)16-25/h7-8,11-12H,4-6,9-10,13-16H2,1-3H3. The number of anilines is 1. The van der Waals surface area contributed by atoms with Crippen molar-refractivity contribution >= 4 is 28.8 Å². The smallest absolute Gasteiger partial charge is 0.228 e. The molecule has 2 aromatic rings. The Hall–Kier alpha value is -2.21. The maximum absolute atomic E-state index is 13.2. The number of carbonyl (C=O) groups excluding carboxylic acids is 2. The van der Waals surface area contributed by atoms with E-state index in [2.05, 4.69) is 4.98 Å². The first-order chi connectivity index (χ1) is 14.0. The number of para-hydroxylation sites is 1. The maximum atomic E-state index is 13.2. The molecule has 156 valence electrons. The summed E-state index contributed by atoms with van der Waals surface area (Å²) < 4.78 is 0. The summed E-state index contributed by atoms with van der Waals surface area (Å²) in [7, 11) is 0. The van der Waals surface area contributed by atoms with E-state index in [1.165, 1.54) is 0 Å². The third-order valence-corrected chi connectivity index (χ3v) is 6.57. The zero-order valence-electron chi connectivity index (χ0n) is 17.7. The predicted octanol–water partition coefficient (Wildman–Crippen LogP) is 4.65. The molecule has 0 bridgehead atoms. The number of thiazole rings is 1. The molecule has 0 aliphatic carbocycles. The molecular formula is C23H31N3O2S. The van der Waals surface area contributed by atoms with Crippen LogP contribution in [0.25, 0.3) is 0 Å². The zero-order chi connectivity index (χ0) is 20.8. The molecular weight excluding hydrogens is 382 g/mol. The lowest BCUT2D eigenvalue weighted by atomic mass is 10.1. The first-order valence-corrected chi connectivity index (χ1v) is 11.3. The lowest BCUT2D eigenvalue weighted by Gasteiger charge is -2.29. The summed E-state index contributed by atoms with van der Waals surface area (Å²) >= 11 is 1.61. The van der Waals surface area contributed by atoms with Crippen molar-refractivity contribution in [1.29, 1.82) is 0 Å². The minimum absolute atomic E-state index is 0.0585. The van der Waals surface area contributed by atoms with Gasteiger partial charge in [0.15, 0.2) is 0 Å². The van der Waals surface area contributed by atoms with Crippen molar-refractivity contribution < 1.29 is 9.59 Å². The highest BCUT2D eigenvalue weighted by Crippen LogP contribution is 2.25. The van der Waals surface area contributed by atoms with Gasteiger partial charge in [0.25, 0.3) is 0 Å². The van der Waals surface area contributed by atoms with Gasteiger partial charge in [0, 0.05) is 37.1 Å². The Balaban J connectivity index is 1.87. The van der Waals surface area contributed by atoms with Crippen molar-refractivity contribution in [2.45, 2.75) is 65.8 Å². The normalized spacial score (nSPS) is 16.0. The van der Waals surface area contributed by atoms with Crippen LogP contribution in [0.5, 0.6) is 0 Å². The number of nitrogens with zero attached hydrogens (tertiary/aromatic N) is 3. The van der Waals surface area contributed by atoms with Crippen LogP contribution in [-0.2, 0) is 22.6 Å². The van der Waals surface area contributed by atoms with Gasteiger partial charge in [-0.15, -0.1) is 11.3 Å². The van der Waals surface area contributed by atoms with E-state index in [0.717, 1.165) is 72.0 Å². The van der Waals surface area contributed by atoms with E-state index in [1.807, 2.05) is 47.9 Å². The topological polar surface area (TPSA) is 53.5 Å². The first kappa shape index (κ1) is 21.5. The fraction of sp³-hybridized carbons (Fsp3) is 0.522. The average Bonchev–Trinajstić information content (AvgIpc) is 2.98. The minimum Gasteiger partial charge on any atom is -0.338 e. The fourth-order valence-electron chi connectivity index (χ4n) is 3.94. The summed E-state index contributed by atoms with van der Waals surface area (Å²) in [6, 6.07) is 8.00. The molecule has 0 spiro atoms. The molecule has 1 aromatic heterocycles. The number of carbonyl (C=O) groups is 2. The van der Waals surface area contributed by atoms with Crippen LogP contribution in [0, 0.1) is 13.8 Å². The van der Waals surface area contributed by atoms with Gasteiger partial charge < -0.3 is 9.80 Å². The van der Waals surface area contributed by atoms with E-state index in [4.69, 9.17) is 0 Å². The Labute approximate surface area is 177 Å². The van der Waals surface area contributed by atoms with Crippen LogP contribution in [0.2, 0.25) is 0 Å². The molecule has 1 aromatic carbocycles.